The number of carbonyl (C=O) groups excluding carboxylic acids is 1. The van der Waals surface area contributed by atoms with Gasteiger partial charge in [-0.3, -0.25) is 4.90 Å². The van der Waals surface area contributed by atoms with Crippen LogP contribution in [0.5, 0.6) is 5.75 Å². The van der Waals surface area contributed by atoms with Crippen LogP contribution in [0.4, 0.5) is 28.0 Å². The number of aromatic hydroxyl groups is 1. The Kier molecular flexibility index (Phi) is 7.42. The number of fused-ring (bicyclic) bond motifs is 1. The molecule has 2 aromatic carbocycles. The number of rotatable bonds is 6. The molecule has 0 aliphatic carbocycles. The van der Waals surface area contributed by atoms with Crippen LogP contribution in [0, 0.1) is 5.82 Å². The first kappa shape index (κ1) is 27.4. The number of amides is 2. The normalized spacial score (nSPS) is 16.7. The maximum absolute atomic E-state index is 14.1. The van der Waals surface area contributed by atoms with Gasteiger partial charge in [0.2, 0.25) is 0 Å². The van der Waals surface area contributed by atoms with Crippen LogP contribution in [-0.4, -0.2) is 47.8 Å². The smallest absolute Gasteiger partial charge is 0.409 e. The molecule has 1 aromatic heterocycles. The Labute approximate surface area is 216 Å². The Balaban J connectivity index is 1.70. The first-order valence-corrected chi connectivity index (χ1v) is 13.7. The average molecular weight is 555 g/mol. The van der Waals surface area contributed by atoms with Crippen LogP contribution in [-0.2, 0) is 16.3 Å². The fourth-order valence-corrected chi connectivity index (χ4v) is 5.38. The Morgan fingerprint density at radius 2 is 1.89 bits per heavy atom. The highest BCUT2D eigenvalue weighted by Gasteiger charge is 2.49. The van der Waals surface area contributed by atoms with Crippen molar-refractivity contribution in [3.63, 3.8) is 0 Å². The maximum atomic E-state index is 14.1. The first-order chi connectivity index (χ1) is 17.8. The van der Waals surface area contributed by atoms with Crippen LogP contribution >= 0.6 is 0 Å². The summed E-state index contributed by atoms with van der Waals surface area (Å²) >= 11 is 0. The molecule has 2 unspecified atom stereocenters. The van der Waals surface area contributed by atoms with Crippen molar-refractivity contribution in [2.75, 3.05) is 11.2 Å². The molecule has 0 fully saturated rings. The summed E-state index contributed by atoms with van der Waals surface area (Å²) in [6, 6.07) is 5.14. The van der Waals surface area contributed by atoms with Crippen molar-refractivity contribution >= 4 is 21.6 Å². The van der Waals surface area contributed by atoms with E-state index in [1.807, 2.05) is 6.92 Å². The number of urea groups is 1. The predicted molar refractivity (Wildman–Crippen MR) is 132 cm³/mol. The number of phenols is 1. The van der Waals surface area contributed by atoms with Crippen LogP contribution in [0.3, 0.4) is 0 Å². The van der Waals surface area contributed by atoms with Gasteiger partial charge in [0.15, 0.2) is 9.84 Å². The van der Waals surface area contributed by atoms with Crippen LogP contribution in [0.1, 0.15) is 43.5 Å². The van der Waals surface area contributed by atoms with E-state index in [0.29, 0.717) is 34.7 Å². The molecule has 0 saturated heterocycles. The predicted octanol–water partition coefficient (Wildman–Crippen LogP) is 5.06. The number of sulfone groups is 1. The van der Waals surface area contributed by atoms with Crippen molar-refractivity contribution in [1.29, 1.82) is 0 Å². The highest BCUT2D eigenvalue weighted by Crippen LogP contribution is 2.39. The summed E-state index contributed by atoms with van der Waals surface area (Å²) in [5.74, 6) is -1.00. The number of aromatic nitrogens is 2. The minimum Gasteiger partial charge on any atom is -0.507 e. The van der Waals surface area contributed by atoms with Gasteiger partial charge < -0.3 is 10.4 Å². The van der Waals surface area contributed by atoms with Crippen molar-refractivity contribution in [3.8, 4) is 11.4 Å². The number of nitrogens with one attached hydrogen (secondary N) is 1. The zero-order valence-electron chi connectivity index (χ0n) is 20.5. The van der Waals surface area contributed by atoms with E-state index in [0.717, 1.165) is 6.26 Å². The summed E-state index contributed by atoms with van der Waals surface area (Å²) < 4.78 is 80.6. The molecular formula is C25H26F4N4O4S. The van der Waals surface area contributed by atoms with E-state index in [1.165, 1.54) is 53.3 Å². The summed E-state index contributed by atoms with van der Waals surface area (Å²) in [5, 5.41) is 17.1. The number of alkyl halides is 3. The monoisotopic (exact) mass is 554 g/mol. The summed E-state index contributed by atoms with van der Waals surface area (Å²) in [6.45, 7) is 1.81. The van der Waals surface area contributed by atoms with Gasteiger partial charge >= 0.3 is 12.2 Å². The number of hydrogen-bond acceptors (Lipinski definition) is 5. The number of benzene rings is 2. The molecule has 0 bridgehead atoms. The van der Waals surface area contributed by atoms with Gasteiger partial charge in [0, 0.05) is 6.26 Å². The standard InChI is InChI=1S/C25H26F4N4O4S/c1-3-4-18(15-5-11-22(21(34)13-15)38(2,36)37)31-24(35)32-20-14-30-33(17-8-6-16(26)7-9-17)19(20)10-12-23(32)25(27,28)29/h5-9,11,13-14,18,23,34H,3-4,10,12H2,1-2H3,(H,31,35). The SMILES string of the molecule is CCCC(NC(=O)N1c2cnn(-c3ccc(F)cc3)c2CCC1C(F)(F)F)c1ccc(S(C)(=O)=O)c(O)c1. The molecule has 2 amide bonds. The summed E-state index contributed by atoms with van der Waals surface area (Å²) in [7, 11) is -3.71. The van der Waals surface area contributed by atoms with E-state index in [9.17, 15) is 35.9 Å². The van der Waals surface area contributed by atoms with Gasteiger partial charge in [0.05, 0.1) is 29.3 Å². The van der Waals surface area contributed by atoms with E-state index < -0.39 is 52.1 Å². The second kappa shape index (κ2) is 10.3. The Morgan fingerprint density at radius 3 is 2.47 bits per heavy atom. The van der Waals surface area contributed by atoms with Crippen molar-refractivity contribution in [2.24, 2.45) is 0 Å². The molecule has 2 heterocycles. The molecular weight excluding hydrogens is 528 g/mol. The number of nitrogens with zero attached hydrogens (tertiary/aromatic N) is 3. The third kappa shape index (κ3) is 5.47. The minimum absolute atomic E-state index is 0.0140. The molecule has 0 saturated carbocycles. The number of hydrogen-bond donors (Lipinski definition) is 2. The molecule has 1 aliphatic heterocycles. The molecule has 0 radical (unpaired) electrons. The lowest BCUT2D eigenvalue weighted by Crippen LogP contribution is -2.55. The topological polar surface area (TPSA) is 105 Å². The molecule has 3 aromatic rings. The second-order valence-corrected chi connectivity index (χ2v) is 11.1. The van der Waals surface area contributed by atoms with Gasteiger partial charge in [0.1, 0.15) is 22.5 Å². The van der Waals surface area contributed by atoms with Gasteiger partial charge in [-0.25, -0.2) is 22.3 Å². The Bertz CT molecular complexity index is 1440. The largest absolute Gasteiger partial charge is 0.507 e. The van der Waals surface area contributed by atoms with Gasteiger partial charge in [-0.2, -0.15) is 18.3 Å². The van der Waals surface area contributed by atoms with Crippen LogP contribution in [0.15, 0.2) is 53.6 Å². The number of anilines is 1. The van der Waals surface area contributed by atoms with Crippen molar-refractivity contribution in [3.05, 3.63) is 65.7 Å². The van der Waals surface area contributed by atoms with E-state index >= 15 is 0 Å². The zero-order valence-corrected chi connectivity index (χ0v) is 21.4. The molecule has 4 rings (SSSR count). The van der Waals surface area contributed by atoms with Crippen LogP contribution in [0.2, 0.25) is 0 Å². The Morgan fingerprint density at radius 1 is 1.21 bits per heavy atom. The van der Waals surface area contributed by atoms with E-state index in [4.69, 9.17) is 0 Å². The molecule has 0 spiro atoms. The zero-order chi connectivity index (χ0) is 27.8. The molecule has 8 nitrogen and oxygen atoms in total. The molecule has 204 valence electrons. The van der Waals surface area contributed by atoms with Crippen molar-refractivity contribution < 1.29 is 35.9 Å². The lowest BCUT2D eigenvalue weighted by atomic mass is 9.99. The van der Waals surface area contributed by atoms with Gasteiger partial charge in [-0.05, 0) is 61.2 Å². The van der Waals surface area contributed by atoms with Gasteiger partial charge in [0.25, 0.3) is 0 Å². The van der Waals surface area contributed by atoms with E-state index in [2.05, 4.69) is 10.4 Å². The third-order valence-corrected chi connectivity index (χ3v) is 7.54. The maximum Gasteiger partial charge on any atom is 0.409 e. The molecule has 1 aliphatic rings. The molecule has 2 atom stereocenters. The first-order valence-electron chi connectivity index (χ1n) is 11.8. The van der Waals surface area contributed by atoms with Gasteiger partial charge in [-0.15, -0.1) is 0 Å². The highest BCUT2D eigenvalue weighted by molar-refractivity contribution is 7.90. The van der Waals surface area contributed by atoms with Crippen LogP contribution < -0.4 is 10.2 Å². The number of phenolic OH excluding ortho intramolecular Hbond substituents is 1. The second-order valence-electron chi connectivity index (χ2n) is 9.12. The molecule has 38 heavy (non-hydrogen) atoms. The summed E-state index contributed by atoms with van der Waals surface area (Å²) in [4.78, 5) is 13.8. The van der Waals surface area contributed by atoms with E-state index in [1.54, 1.807) is 0 Å². The van der Waals surface area contributed by atoms with Gasteiger partial charge in [-0.1, -0.05) is 19.4 Å². The fraction of sp³-hybridized carbons (Fsp3) is 0.360. The minimum atomic E-state index is -4.72. The van der Waals surface area contributed by atoms with Crippen molar-refractivity contribution in [1.82, 2.24) is 15.1 Å². The lowest BCUT2D eigenvalue weighted by molar-refractivity contribution is -0.149. The molecule has 2 N–H and O–H groups in total. The van der Waals surface area contributed by atoms with E-state index in [-0.39, 0.29) is 17.0 Å². The number of halogens is 4. The lowest BCUT2D eigenvalue weighted by Gasteiger charge is -2.37. The quantitative estimate of drug-likeness (QED) is 0.415. The number of carbonyl (C=O) groups is 1. The summed E-state index contributed by atoms with van der Waals surface area (Å²) in [6.07, 6.45) is -2.17. The Hall–Kier alpha value is -3.61. The van der Waals surface area contributed by atoms with Crippen molar-refractivity contribution in [2.45, 2.75) is 55.8 Å². The molecule has 13 heteroatoms. The fourth-order valence-electron chi connectivity index (χ4n) is 4.63. The summed E-state index contributed by atoms with van der Waals surface area (Å²) in [5.41, 5.74) is 1.12. The van der Waals surface area contributed by atoms with Crippen LogP contribution in [0.25, 0.3) is 5.69 Å². The third-order valence-electron chi connectivity index (χ3n) is 6.40. The average Bonchev–Trinajstić information content (AvgIpc) is 3.26. The highest BCUT2D eigenvalue weighted by atomic mass is 32.2.